The summed E-state index contributed by atoms with van der Waals surface area (Å²) in [6, 6.07) is 14.2. The average molecular weight is 472 g/mol. The summed E-state index contributed by atoms with van der Waals surface area (Å²) in [5.74, 6) is 0.565. The highest BCUT2D eigenvalue weighted by Gasteiger charge is 2.21. The van der Waals surface area contributed by atoms with Crippen molar-refractivity contribution in [1.29, 1.82) is 0 Å². The van der Waals surface area contributed by atoms with Crippen LogP contribution in [-0.2, 0) is 9.59 Å². The number of carbonyl (C=O) groups is 2. The van der Waals surface area contributed by atoms with E-state index in [1.807, 2.05) is 30.5 Å². The normalized spacial score (nSPS) is 18.1. The van der Waals surface area contributed by atoms with E-state index >= 15 is 0 Å². The van der Waals surface area contributed by atoms with Crippen LogP contribution in [0.25, 0.3) is 22.0 Å². The number of nitrogens with one attached hydrogen (secondary N) is 3. The minimum atomic E-state index is 0.125. The Bertz CT molecular complexity index is 1150. The van der Waals surface area contributed by atoms with Crippen LogP contribution < -0.4 is 10.6 Å². The molecular formula is C30H37N3O2. The van der Waals surface area contributed by atoms with Crippen LogP contribution in [0.1, 0.15) is 77.0 Å². The van der Waals surface area contributed by atoms with Gasteiger partial charge in [-0.1, -0.05) is 63.5 Å². The molecule has 3 aromatic rings. The van der Waals surface area contributed by atoms with Gasteiger partial charge in [0.15, 0.2) is 0 Å². The fourth-order valence-electron chi connectivity index (χ4n) is 5.74. The molecule has 2 aliphatic rings. The standard InChI is InChI=1S/C30H37N3O2/c34-29(22-9-5-1-2-6-10-22)32-24-15-13-21(14-16-24)27-20-31-28-18-17-25(19-26(27)28)33-30(35)23-11-7-3-4-8-12-23/h13-20,22-23,31H,1-12H2,(H,32,34)(H,33,35). The molecule has 2 aromatic carbocycles. The van der Waals surface area contributed by atoms with Crippen molar-refractivity contribution in [1.82, 2.24) is 4.98 Å². The maximum Gasteiger partial charge on any atom is 0.227 e. The molecule has 5 heteroatoms. The molecule has 0 atom stereocenters. The van der Waals surface area contributed by atoms with Gasteiger partial charge in [-0.3, -0.25) is 9.59 Å². The van der Waals surface area contributed by atoms with Crippen molar-refractivity contribution in [2.24, 2.45) is 11.8 Å². The Hall–Kier alpha value is -3.08. The first-order valence-corrected chi connectivity index (χ1v) is 13.5. The second-order valence-corrected chi connectivity index (χ2v) is 10.4. The van der Waals surface area contributed by atoms with Gasteiger partial charge in [0.25, 0.3) is 0 Å². The topological polar surface area (TPSA) is 74.0 Å². The first kappa shape index (κ1) is 23.7. The molecule has 1 heterocycles. The Kier molecular flexibility index (Phi) is 7.51. The van der Waals surface area contributed by atoms with Gasteiger partial charge >= 0.3 is 0 Å². The van der Waals surface area contributed by atoms with E-state index in [1.165, 1.54) is 25.7 Å². The Morgan fingerprint density at radius 3 is 1.74 bits per heavy atom. The molecule has 0 unspecified atom stereocenters. The highest BCUT2D eigenvalue weighted by molar-refractivity contribution is 6.00. The van der Waals surface area contributed by atoms with Crippen molar-refractivity contribution in [2.75, 3.05) is 10.6 Å². The molecule has 5 rings (SSSR count). The van der Waals surface area contributed by atoms with Crippen LogP contribution in [0.4, 0.5) is 11.4 Å². The lowest BCUT2D eigenvalue weighted by atomic mass is 9.99. The van der Waals surface area contributed by atoms with E-state index < -0.39 is 0 Å². The van der Waals surface area contributed by atoms with Crippen LogP contribution in [0.2, 0.25) is 0 Å². The Morgan fingerprint density at radius 2 is 1.17 bits per heavy atom. The Morgan fingerprint density at radius 1 is 0.657 bits per heavy atom. The first-order chi connectivity index (χ1) is 17.2. The molecule has 2 amide bonds. The first-order valence-electron chi connectivity index (χ1n) is 13.5. The van der Waals surface area contributed by atoms with Gasteiger partial charge in [0.2, 0.25) is 11.8 Å². The number of aromatic amines is 1. The summed E-state index contributed by atoms with van der Waals surface area (Å²) in [6.07, 6.45) is 15.6. The molecule has 3 N–H and O–H groups in total. The number of hydrogen-bond donors (Lipinski definition) is 3. The summed E-state index contributed by atoms with van der Waals surface area (Å²) in [5, 5.41) is 7.37. The lowest BCUT2D eigenvalue weighted by Gasteiger charge is -2.15. The van der Waals surface area contributed by atoms with Crippen LogP contribution in [0.15, 0.2) is 48.7 Å². The van der Waals surface area contributed by atoms with Gasteiger partial charge in [-0.15, -0.1) is 0 Å². The second kappa shape index (κ2) is 11.1. The quantitative estimate of drug-likeness (QED) is 0.334. The van der Waals surface area contributed by atoms with E-state index in [0.717, 1.165) is 84.8 Å². The Balaban J connectivity index is 1.28. The molecule has 0 bridgehead atoms. The minimum absolute atomic E-state index is 0.125. The zero-order chi connectivity index (χ0) is 24.0. The number of carbonyl (C=O) groups excluding carboxylic acids is 2. The van der Waals surface area contributed by atoms with Gasteiger partial charge in [0.05, 0.1) is 0 Å². The summed E-state index contributed by atoms with van der Waals surface area (Å²) in [6.45, 7) is 0. The maximum absolute atomic E-state index is 12.9. The largest absolute Gasteiger partial charge is 0.361 e. The number of fused-ring (bicyclic) bond motifs is 1. The molecular weight excluding hydrogens is 434 g/mol. The van der Waals surface area contributed by atoms with Crippen molar-refractivity contribution < 1.29 is 9.59 Å². The molecule has 2 aliphatic carbocycles. The van der Waals surface area contributed by atoms with E-state index in [2.05, 4.69) is 33.8 Å². The van der Waals surface area contributed by atoms with Crippen LogP contribution in [0, 0.1) is 11.8 Å². The lowest BCUT2D eigenvalue weighted by Crippen LogP contribution is -2.22. The van der Waals surface area contributed by atoms with E-state index in [9.17, 15) is 9.59 Å². The van der Waals surface area contributed by atoms with Gasteiger partial charge < -0.3 is 15.6 Å². The Labute approximate surface area is 208 Å². The highest BCUT2D eigenvalue weighted by atomic mass is 16.2. The van der Waals surface area contributed by atoms with Gasteiger partial charge in [-0.25, -0.2) is 0 Å². The number of benzene rings is 2. The van der Waals surface area contributed by atoms with Crippen LogP contribution >= 0.6 is 0 Å². The average Bonchev–Trinajstić information content (AvgIpc) is 3.08. The SMILES string of the molecule is O=C(Nc1ccc(-c2c[nH]c3ccc(NC(=O)C4CCCCCC4)cc23)cc1)C1CCCCCC1. The van der Waals surface area contributed by atoms with Crippen molar-refractivity contribution in [3.05, 3.63) is 48.7 Å². The monoisotopic (exact) mass is 471 g/mol. The zero-order valence-electron chi connectivity index (χ0n) is 20.6. The number of H-pyrrole nitrogens is 1. The molecule has 2 fully saturated rings. The van der Waals surface area contributed by atoms with Crippen molar-refractivity contribution in [3.8, 4) is 11.1 Å². The third kappa shape index (κ3) is 5.77. The molecule has 2 saturated carbocycles. The number of anilines is 2. The smallest absolute Gasteiger partial charge is 0.227 e. The third-order valence-electron chi connectivity index (χ3n) is 7.86. The van der Waals surface area contributed by atoms with Gasteiger partial charge in [0, 0.05) is 45.9 Å². The highest BCUT2D eigenvalue weighted by Crippen LogP contribution is 2.32. The number of aromatic nitrogens is 1. The van der Waals surface area contributed by atoms with Crippen molar-refractivity contribution in [3.63, 3.8) is 0 Å². The van der Waals surface area contributed by atoms with Gasteiger partial charge in [-0.2, -0.15) is 0 Å². The maximum atomic E-state index is 12.9. The van der Waals surface area contributed by atoms with E-state index in [1.54, 1.807) is 0 Å². The van der Waals surface area contributed by atoms with Crippen LogP contribution in [0.5, 0.6) is 0 Å². The third-order valence-corrected chi connectivity index (χ3v) is 7.86. The minimum Gasteiger partial charge on any atom is -0.361 e. The summed E-state index contributed by atoms with van der Waals surface area (Å²) in [4.78, 5) is 28.9. The molecule has 0 spiro atoms. The fraction of sp³-hybridized carbons (Fsp3) is 0.467. The lowest BCUT2D eigenvalue weighted by molar-refractivity contribution is -0.121. The fourth-order valence-corrected chi connectivity index (χ4v) is 5.74. The molecule has 0 radical (unpaired) electrons. The molecule has 35 heavy (non-hydrogen) atoms. The molecule has 0 aliphatic heterocycles. The number of amides is 2. The van der Waals surface area contributed by atoms with Gasteiger partial charge in [0.1, 0.15) is 0 Å². The van der Waals surface area contributed by atoms with E-state index in [-0.39, 0.29) is 23.7 Å². The molecule has 1 aromatic heterocycles. The summed E-state index contributed by atoms with van der Waals surface area (Å²) < 4.78 is 0. The van der Waals surface area contributed by atoms with Crippen LogP contribution in [0.3, 0.4) is 0 Å². The summed E-state index contributed by atoms with van der Waals surface area (Å²) >= 11 is 0. The van der Waals surface area contributed by atoms with Gasteiger partial charge in [-0.05, 0) is 61.6 Å². The zero-order valence-corrected chi connectivity index (χ0v) is 20.6. The number of rotatable bonds is 5. The summed E-state index contributed by atoms with van der Waals surface area (Å²) in [5.41, 5.74) is 4.90. The van der Waals surface area contributed by atoms with E-state index in [0.29, 0.717) is 0 Å². The second-order valence-electron chi connectivity index (χ2n) is 10.4. The summed E-state index contributed by atoms with van der Waals surface area (Å²) in [7, 11) is 0. The van der Waals surface area contributed by atoms with E-state index in [4.69, 9.17) is 0 Å². The molecule has 5 nitrogen and oxygen atoms in total. The molecule has 184 valence electrons. The predicted molar refractivity (Wildman–Crippen MR) is 143 cm³/mol. The molecule has 0 saturated heterocycles. The van der Waals surface area contributed by atoms with Crippen molar-refractivity contribution >= 4 is 34.1 Å². The van der Waals surface area contributed by atoms with Crippen molar-refractivity contribution in [2.45, 2.75) is 77.0 Å². The predicted octanol–water partition coefficient (Wildman–Crippen LogP) is 7.65. The number of hydrogen-bond acceptors (Lipinski definition) is 2. The van der Waals surface area contributed by atoms with Crippen LogP contribution in [-0.4, -0.2) is 16.8 Å².